The van der Waals surface area contributed by atoms with E-state index in [1.165, 1.54) is 0 Å². The summed E-state index contributed by atoms with van der Waals surface area (Å²) in [7, 11) is 8.10. The fourth-order valence-corrected chi connectivity index (χ4v) is 1.91. The van der Waals surface area contributed by atoms with Gasteiger partial charge in [0.2, 0.25) is 0 Å². The number of benzene rings is 2. The average Bonchev–Trinajstić information content (AvgIpc) is 2.48. The number of rotatable bonds is 5. The van der Waals surface area contributed by atoms with Crippen molar-refractivity contribution in [3.05, 3.63) is 48.5 Å². The molecule has 0 aliphatic carbocycles. The van der Waals surface area contributed by atoms with Crippen molar-refractivity contribution in [1.82, 2.24) is 0 Å². The van der Waals surface area contributed by atoms with E-state index in [1.54, 1.807) is 6.34 Å². The predicted octanol–water partition coefficient (Wildman–Crippen LogP) is 3.59. The molecule has 4 nitrogen and oxygen atoms in total. The first-order chi connectivity index (χ1) is 10.1. The Balaban J connectivity index is 2.05. The molecule has 1 N–H and O–H groups in total. The van der Waals surface area contributed by atoms with Crippen molar-refractivity contribution in [2.75, 3.05) is 43.3 Å². The Labute approximate surface area is 126 Å². The van der Waals surface area contributed by atoms with Crippen LogP contribution < -0.4 is 15.1 Å². The lowest BCUT2D eigenvalue weighted by molar-refractivity contribution is 1.13. The number of anilines is 3. The summed E-state index contributed by atoms with van der Waals surface area (Å²) in [5, 5.41) is 3.21. The van der Waals surface area contributed by atoms with E-state index in [2.05, 4.69) is 44.4 Å². The first-order valence-electron chi connectivity index (χ1n) is 6.90. The highest BCUT2D eigenvalue weighted by Gasteiger charge is 1.97. The Bertz CT molecular complexity index is 618. The van der Waals surface area contributed by atoms with E-state index in [0.717, 1.165) is 22.7 Å². The Morgan fingerprint density at radius 2 is 1.48 bits per heavy atom. The lowest BCUT2D eigenvalue weighted by Crippen LogP contribution is -2.08. The van der Waals surface area contributed by atoms with E-state index in [1.807, 2.05) is 52.5 Å². The molecule has 2 aromatic carbocycles. The van der Waals surface area contributed by atoms with E-state index < -0.39 is 0 Å². The van der Waals surface area contributed by atoms with Gasteiger partial charge in [0.1, 0.15) is 0 Å². The van der Waals surface area contributed by atoms with E-state index in [4.69, 9.17) is 0 Å². The minimum Gasteiger partial charge on any atom is -0.378 e. The van der Waals surface area contributed by atoms with Crippen LogP contribution in [0.25, 0.3) is 0 Å². The monoisotopic (exact) mass is 282 g/mol. The van der Waals surface area contributed by atoms with Crippen LogP contribution in [-0.4, -0.2) is 34.5 Å². The van der Waals surface area contributed by atoms with E-state index in [-0.39, 0.29) is 0 Å². The van der Waals surface area contributed by atoms with Gasteiger partial charge in [0, 0.05) is 45.3 Å². The second kappa shape index (κ2) is 6.79. The minimum atomic E-state index is 0.928. The smallest absolute Gasteiger partial charge is 0.0930 e. The van der Waals surface area contributed by atoms with Crippen molar-refractivity contribution < 1.29 is 0 Å². The molecular formula is C17H22N4. The third-order valence-electron chi connectivity index (χ3n) is 3.15. The molecule has 2 rings (SSSR count). The van der Waals surface area contributed by atoms with Gasteiger partial charge in [-0.3, -0.25) is 0 Å². The number of nitrogens with zero attached hydrogens (tertiary/aromatic N) is 3. The molecule has 0 aromatic heterocycles. The van der Waals surface area contributed by atoms with Crippen LogP contribution in [0.3, 0.4) is 0 Å². The number of aliphatic imine (C=N–C) groups is 1. The van der Waals surface area contributed by atoms with Gasteiger partial charge in [-0.1, -0.05) is 12.1 Å². The summed E-state index contributed by atoms with van der Waals surface area (Å²) in [5.41, 5.74) is 4.24. The Hall–Kier alpha value is -2.49. The molecule has 2 aromatic rings. The topological polar surface area (TPSA) is 30.9 Å². The lowest BCUT2D eigenvalue weighted by Gasteiger charge is -2.13. The van der Waals surface area contributed by atoms with Gasteiger partial charge < -0.3 is 15.1 Å². The van der Waals surface area contributed by atoms with Crippen LogP contribution in [-0.2, 0) is 0 Å². The average molecular weight is 282 g/mol. The summed E-state index contributed by atoms with van der Waals surface area (Å²) in [5.74, 6) is 0. The second-order valence-corrected chi connectivity index (χ2v) is 5.26. The van der Waals surface area contributed by atoms with Gasteiger partial charge in [-0.15, -0.1) is 0 Å². The lowest BCUT2D eigenvalue weighted by atomic mass is 10.2. The zero-order valence-corrected chi connectivity index (χ0v) is 13.0. The first kappa shape index (κ1) is 14.9. The largest absolute Gasteiger partial charge is 0.378 e. The molecule has 0 radical (unpaired) electrons. The maximum atomic E-state index is 4.44. The van der Waals surface area contributed by atoms with Crippen LogP contribution in [0.5, 0.6) is 0 Å². The molecule has 110 valence electrons. The number of hydrogen-bond donors (Lipinski definition) is 1. The molecule has 0 bridgehead atoms. The Morgan fingerprint density at radius 3 is 2.14 bits per heavy atom. The van der Waals surface area contributed by atoms with Crippen LogP contribution in [0, 0.1) is 0 Å². The highest BCUT2D eigenvalue weighted by atomic mass is 15.1. The highest BCUT2D eigenvalue weighted by Crippen LogP contribution is 2.20. The van der Waals surface area contributed by atoms with E-state index >= 15 is 0 Å². The highest BCUT2D eigenvalue weighted by molar-refractivity contribution is 5.79. The van der Waals surface area contributed by atoms with Crippen molar-refractivity contribution in [2.45, 2.75) is 0 Å². The molecule has 0 fully saturated rings. The molecule has 0 amide bonds. The van der Waals surface area contributed by atoms with Crippen LogP contribution in [0.2, 0.25) is 0 Å². The SMILES string of the molecule is CN(C)c1cccc(N=CNc2cccc(N(C)C)c2)c1. The van der Waals surface area contributed by atoms with Crippen molar-refractivity contribution in [3.63, 3.8) is 0 Å². The Kier molecular flexibility index (Phi) is 4.82. The third kappa shape index (κ3) is 4.24. The van der Waals surface area contributed by atoms with Crippen LogP contribution in [0.4, 0.5) is 22.7 Å². The van der Waals surface area contributed by atoms with Gasteiger partial charge in [-0.25, -0.2) is 4.99 Å². The van der Waals surface area contributed by atoms with Gasteiger partial charge in [0.25, 0.3) is 0 Å². The van der Waals surface area contributed by atoms with Crippen LogP contribution in [0.15, 0.2) is 53.5 Å². The standard InChI is InChI=1S/C17H22N4/c1-20(2)16-9-5-7-14(11-16)18-13-19-15-8-6-10-17(12-15)21(3)4/h5-13H,1-4H3,(H,18,19). The molecule has 0 saturated carbocycles. The molecule has 0 aliphatic rings. The maximum absolute atomic E-state index is 4.44. The van der Waals surface area contributed by atoms with Gasteiger partial charge >= 0.3 is 0 Å². The molecular weight excluding hydrogens is 260 g/mol. The normalized spacial score (nSPS) is 10.7. The Morgan fingerprint density at radius 1 is 0.857 bits per heavy atom. The van der Waals surface area contributed by atoms with Crippen molar-refractivity contribution >= 4 is 29.1 Å². The molecule has 0 unspecified atom stereocenters. The zero-order valence-electron chi connectivity index (χ0n) is 13.0. The molecule has 0 heterocycles. The minimum absolute atomic E-state index is 0.928. The van der Waals surface area contributed by atoms with Gasteiger partial charge in [-0.05, 0) is 36.4 Å². The fourth-order valence-electron chi connectivity index (χ4n) is 1.91. The van der Waals surface area contributed by atoms with Crippen molar-refractivity contribution in [1.29, 1.82) is 0 Å². The van der Waals surface area contributed by atoms with Gasteiger partial charge in [0.15, 0.2) is 0 Å². The van der Waals surface area contributed by atoms with Crippen molar-refractivity contribution in [3.8, 4) is 0 Å². The van der Waals surface area contributed by atoms with E-state index in [0.29, 0.717) is 0 Å². The third-order valence-corrected chi connectivity index (χ3v) is 3.15. The summed E-state index contributed by atoms with van der Waals surface area (Å²) in [6.45, 7) is 0. The van der Waals surface area contributed by atoms with E-state index in [9.17, 15) is 0 Å². The van der Waals surface area contributed by atoms with Crippen molar-refractivity contribution in [2.24, 2.45) is 4.99 Å². The summed E-state index contributed by atoms with van der Waals surface area (Å²) < 4.78 is 0. The molecule has 21 heavy (non-hydrogen) atoms. The molecule has 4 heteroatoms. The van der Waals surface area contributed by atoms with Crippen LogP contribution in [0.1, 0.15) is 0 Å². The summed E-state index contributed by atoms with van der Waals surface area (Å²) in [4.78, 5) is 8.58. The zero-order chi connectivity index (χ0) is 15.2. The molecule has 0 spiro atoms. The van der Waals surface area contributed by atoms with Gasteiger partial charge in [-0.2, -0.15) is 0 Å². The van der Waals surface area contributed by atoms with Gasteiger partial charge in [0.05, 0.1) is 12.0 Å². The molecule has 0 atom stereocenters. The van der Waals surface area contributed by atoms with Crippen LogP contribution >= 0.6 is 0 Å². The number of hydrogen-bond acceptors (Lipinski definition) is 3. The molecule has 0 aliphatic heterocycles. The summed E-state index contributed by atoms with van der Waals surface area (Å²) >= 11 is 0. The fraction of sp³-hybridized carbons (Fsp3) is 0.235. The predicted molar refractivity (Wildman–Crippen MR) is 93.3 cm³/mol. The number of nitrogens with one attached hydrogen (secondary N) is 1. The maximum Gasteiger partial charge on any atom is 0.0930 e. The summed E-state index contributed by atoms with van der Waals surface area (Å²) in [6.07, 6.45) is 1.73. The quantitative estimate of drug-likeness (QED) is 0.671. The second-order valence-electron chi connectivity index (χ2n) is 5.26. The summed E-state index contributed by atoms with van der Waals surface area (Å²) in [6, 6.07) is 16.3. The molecule has 0 saturated heterocycles. The first-order valence-corrected chi connectivity index (χ1v) is 6.90.